The van der Waals surface area contributed by atoms with Crippen molar-refractivity contribution in [3.05, 3.63) is 0 Å². The molecule has 0 unspecified atom stereocenters. The first-order valence-corrected chi connectivity index (χ1v) is 21.4. The normalized spacial score (nSPS) is 14.3. The van der Waals surface area contributed by atoms with Crippen LogP contribution < -0.4 is 0 Å². The fraction of sp³-hybridized carbons (Fsp3) is 1.00. The third-order valence-corrected chi connectivity index (χ3v) is 0.707. The third kappa shape index (κ3) is 72.9. The second-order valence-electron chi connectivity index (χ2n) is 1.94. The topological polar surface area (TPSA) is 0 Å². The summed E-state index contributed by atoms with van der Waals surface area (Å²) in [5, 5.41) is 0. The summed E-state index contributed by atoms with van der Waals surface area (Å²) in [6.45, 7) is 4.42. The van der Waals surface area contributed by atoms with Crippen LogP contribution in [0.3, 0.4) is 0 Å². The fourth-order valence-corrected chi connectivity index (χ4v) is 0.354. The maximum absolute atomic E-state index is 5.06. The summed E-state index contributed by atoms with van der Waals surface area (Å²) in [6, 6.07) is 0. The number of rotatable bonds is 2. The first kappa shape index (κ1) is 15.6. The number of hydrogen-bond donors (Lipinski definition) is 0. The van der Waals surface area contributed by atoms with Gasteiger partial charge in [-0.2, -0.15) is 0 Å². The van der Waals surface area contributed by atoms with Crippen LogP contribution in [0.25, 0.3) is 0 Å². The number of hydrogen-bond acceptors (Lipinski definition) is 0. The van der Waals surface area contributed by atoms with E-state index in [0.29, 0.717) is 0 Å². The van der Waals surface area contributed by atoms with Crippen LogP contribution in [0.15, 0.2) is 0 Å². The second kappa shape index (κ2) is 6.57. The summed E-state index contributed by atoms with van der Waals surface area (Å²) in [5.41, 5.74) is 0. The Morgan fingerprint density at radius 3 is 1.00 bits per heavy atom. The molecule has 0 rings (SSSR count). The molecule has 0 atom stereocenters. The van der Waals surface area contributed by atoms with Crippen molar-refractivity contribution in [2.75, 3.05) is 0 Å². The van der Waals surface area contributed by atoms with Crippen LogP contribution in [0.5, 0.6) is 0 Å². The Balaban J connectivity index is 0. The Bertz CT molecular complexity index is 75.8. The summed E-state index contributed by atoms with van der Waals surface area (Å²) in [6.07, 6.45) is 4.08. The standard InChI is InChI=1S/C5H12.5ClH.W/c1-3-5-4-2;;;;;;/h3-5H2,1-2H3;5*1H;/q;;;;;;+5/p-5. The Morgan fingerprint density at radius 1 is 0.818 bits per heavy atom. The molecule has 0 nitrogen and oxygen atoms in total. The zero-order valence-electron chi connectivity index (χ0n) is 6.42. The minimum absolute atomic E-state index is 1.34. The van der Waals surface area contributed by atoms with E-state index in [1.807, 2.05) is 0 Å². The zero-order chi connectivity index (χ0) is 9.57. The van der Waals surface area contributed by atoms with Crippen molar-refractivity contribution in [2.45, 2.75) is 33.1 Å². The fourth-order valence-electron chi connectivity index (χ4n) is 0.354. The monoisotopic (exact) mass is 431 g/mol. The van der Waals surface area contributed by atoms with Gasteiger partial charge < -0.3 is 0 Å². The molecule has 0 aliphatic carbocycles. The molecule has 0 saturated carbocycles. The molecule has 73 valence electrons. The quantitative estimate of drug-likeness (QED) is 0.529. The first-order valence-electron chi connectivity index (χ1n) is 3.19. The van der Waals surface area contributed by atoms with Gasteiger partial charge in [-0.05, 0) is 0 Å². The molecule has 0 aliphatic rings. The molecule has 0 aromatic heterocycles. The summed E-state index contributed by atoms with van der Waals surface area (Å²) >= 11 is 0. The summed E-state index contributed by atoms with van der Waals surface area (Å²) in [4.78, 5) is 0. The average Bonchev–Trinajstić information content (AvgIpc) is 1.60. The summed E-state index contributed by atoms with van der Waals surface area (Å²) < 4.78 is 0. The summed E-state index contributed by atoms with van der Waals surface area (Å²) in [7, 11) is 20.9. The van der Waals surface area contributed by atoms with Gasteiger partial charge in [0.15, 0.2) is 0 Å². The van der Waals surface area contributed by atoms with Crippen molar-refractivity contribution in [1.29, 1.82) is 0 Å². The molecule has 0 bridgehead atoms. The van der Waals surface area contributed by atoms with Crippen molar-refractivity contribution in [1.82, 2.24) is 0 Å². The Kier molecular flexibility index (Phi) is 9.32. The van der Waals surface area contributed by atoms with E-state index in [1.165, 1.54) is 19.3 Å². The molecule has 6 heteroatoms. The molecule has 0 spiro atoms. The zero-order valence-corrected chi connectivity index (χ0v) is 13.1. The van der Waals surface area contributed by atoms with Crippen LogP contribution in [0.4, 0.5) is 0 Å². The van der Waals surface area contributed by atoms with Gasteiger partial charge in [-0.25, -0.2) is 0 Å². The number of unbranched alkanes of at least 4 members (excludes halogenated alkanes) is 2. The Hall–Kier alpha value is 2.14. The van der Waals surface area contributed by atoms with E-state index in [0.717, 1.165) is 0 Å². The van der Waals surface area contributed by atoms with Crippen molar-refractivity contribution >= 4 is 47.1 Å². The van der Waals surface area contributed by atoms with Crippen molar-refractivity contribution in [2.24, 2.45) is 0 Å². The first-order chi connectivity index (χ1) is 4.65. The van der Waals surface area contributed by atoms with Crippen LogP contribution in [0.2, 0.25) is 0 Å². The van der Waals surface area contributed by atoms with Gasteiger partial charge in [0.1, 0.15) is 0 Å². The van der Waals surface area contributed by atoms with Crippen LogP contribution >= 0.6 is 47.1 Å². The third-order valence-electron chi connectivity index (χ3n) is 0.707. The molecular formula is C5H12Cl5W. The van der Waals surface area contributed by atoms with Gasteiger partial charge in [-0.1, -0.05) is 33.1 Å². The number of halogens is 5. The molecule has 0 aliphatic heterocycles. The van der Waals surface area contributed by atoms with Crippen LogP contribution in [0, 0.1) is 0 Å². The SMILES string of the molecule is CCCCC.[Cl][W]([Cl])([Cl])([Cl])[Cl]. The van der Waals surface area contributed by atoms with E-state index in [-0.39, 0.29) is 0 Å². The van der Waals surface area contributed by atoms with Gasteiger partial charge in [0.2, 0.25) is 0 Å². The molecule has 0 fully saturated rings. The Labute approximate surface area is 88.9 Å². The minimum atomic E-state index is -4.39. The summed E-state index contributed by atoms with van der Waals surface area (Å²) in [5.74, 6) is 0. The van der Waals surface area contributed by atoms with Crippen molar-refractivity contribution < 1.29 is 9.60 Å². The van der Waals surface area contributed by atoms with Gasteiger partial charge in [0, 0.05) is 0 Å². The van der Waals surface area contributed by atoms with E-state index in [1.54, 1.807) is 0 Å². The average molecular weight is 433 g/mol. The van der Waals surface area contributed by atoms with E-state index in [9.17, 15) is 0 Å². The van der Waals surface area contributed by atoms with E-state index in [4.69, 9.17) is 47.1 Å². The van der Waals surface area contributed by atoms with Gasteiger partial charge in [0.05, 0.1) is 0 Å². The van der Waals surface area contributed by atoms with Crippen molar-refractivity contribution in [3.8, 4) is 0 Å². The molecule has 0 amide bonds. The van der Waals surface area contributed by atoms with Crippen LogP contribution in [0.1, 0.15) is 33.1 Å². The predicted octanol–water partition coefficient (Wildman–Crippen LogP) is 5.64. The molecule has 0 saturated heterocycles. The van der Waals surface area contributed by atoms with Gasteiger partial charge in [0.25, 0.3) is 0 Å². The molecule has 0 aromatic carbocycles. The molecular weight excluding hydrogens is 421 g/mol. The molecule has 0 radical (unpaired) electrons. The van der Waals surface area contributed by atoms with Gasteiger partial charge in [-0.15, -0.1) is 0 Å². The molecule has 11 heavy (non-hydrogen) atoms. The van der Waals surface area contributed by atoms with Gasteiger partial charge >= 0.3 is 56.7 Å². The van der Waals surface area contributed by atoms with Crippen LogP contribution in [-0.2, 0) is 9.60 Å². The van der Waals surface area contributed by atoms with Crippen LogP contribution in [-0.4, -0.2) is 0 Å². The van der Waals surface area contributed by atoms with E-state index >= 15 is 0 Å². The maximum atomic E-state index is 5.06. The molecule has 0 aromatic rings. The molecule has 0 heterocycles. The van der Waals surface area contributed by atoms with Gasteiger partial charge in [-0.3, -0.25) is 0 Å². The Morgan fingerprint density at radius 2 is 1.00 bits per heavy atom. The second-order valence-corrected chi connectivity index (χ2v) is 44.3. The van der Waals surface area contributed by atoms with E-state index < -0.39 is 9.60 Å². The molecule has 0 N–H and O–H groups in total. The predicted molar refractivity (Wildman–Crippen MR) is 54.5 cm³/mol. The van der Waals surface area contributed by atoms with Crippen molar-refractivity contribution in [3.63, 3.8) is 0 Å². The van der Waals surface area contributed by atoms with E-state index in [2.05, 4.69) is 13.8 Å².